The van der Waals surface area contributed by atoms with Crippen LogP contribution in [0.5, 0.6) is 0 Å². The molecular formula is C17H23NO3S2. The van der Waals surface area contributed by atoms with Gasteiger partial charge < -0.3 is 10.4 Å². The van der Waals surface area contributed by atoms with Gasteiger partial charge in [-0.25, -0.2) is 0 Å². The highest BCUT2D eigenvalue weighted by Crippen LogP contribution is 2.43. The zero-order valence-corrected chi connectivity index (χ0v) is 15.1. The van der Waals surface area contributed by atoms with Gasteiger partial charge in [0.25, 0.3) is 5.91 Å². The summed E-state index contributed by atoms with van der Waals surface area (Å²) in [5.41, 5.74) is 1.33. The third kappa shape index (κ3) is 5.77. The molecule has 0 radical (unpaired) electrons. The summed E-state index contributed by atoms with van der Waals surface area (Å²) in [6.45, 7) is 3.69. The average Bonchev–Trinajstić information content (AvgIpc) is 2.54. The number of hydrogen-bond acceptors (Lipinski definition) is 4. The summed E-state index contributed by atoms with van der Waals surface area (Å²) in [6.07, 6.45) is 1.71. The van der Waals surface area contributed by atoms with Crippen LogP contribution in [0.15, 0.2) is 24.3 Å². The van der Waals surface area contributed by atoms with Gasteiger partial charge in [-0.05, 0) is 55.9 Å². The molecule has 0 aromatic heterocycles. The van der Waals surface area contributed by atoms with Crippen molar-refractivity contribution in [1.29, 1.82) is 0 Å². The van der Waals surface area contributed by atoms with Gasteiger partial charge in [0.05, 0.1) is 4.58 Å². The molecule has 0 atom stereocenters. The van der Waals surface area contributed by atoms with Gasteiger partial charge in [0, 0.05) is 17.5 Å². The van der Waals surface area contributed by atoms with E-state index in [4.69, 9.17) is 5.11 Å². The van der Waals surface area contributed by atoms with Crippen LogP contribution < -0.4 is 5.32 Å². The second kappa shape index (κ2) is 8.11. The first-order chi connectivity index (χ1) is 10.9. The molecule has 1 saturated heterocycles. The van der Waals surface area contributed by atoms with Crippen LogP contribution in [0.1, 0.15) is 53.6 Å². The van der Waals surface area contributed by atoms with Crippen LogP contribution in [0.2, 0.25) is 0 Å². The van der Waals surface area contributed by atoms with Crippen LogP contribution in [0.3, 0.4) is 0 Å². The third-order valence-corrected chi connectivity index (χ3v) is 6.70. The zero-order valence-electron chi connectivity index (χ0n) is 13.5. The highest BCUT2D eigenvalue weighted by atomic mass is 32.2. The molecular weight excluding hydrogens is 330 g/mol. The van der Waals surface area contributed by atoms with Crippen molar-refractivity contribution < 1.29 is 14.7 Å². The second-order valence-electron chi connectivity index (χ2n) is 6.28. The fraction of sp³-hybridized carbons (Fsp3) is 0.529. The molecule has 2 N–H and O–H groups in total. The minimum atomic E-state index is -0.848. The molecule has 0 aliphatic carbocycles. The smallest absolute Gasteiger partial charge is 0.303 e. The van der Waals surface area contributed by atoms with E-state index in [1.807, 2.05) is 61.6 Å². The van der Waals surface area contributed by atoms with Crippen LogP contribution in [-0.2, 0) is 4.79 Å². The molecule has 4 nitrogen and oxygen atoms in total. The normalized spacial score (nSPS) is 16.1. The van der Waals surface area contributed by atoms with E-state index in [1.54, 1.807) is 0 Å². The van der Waals surface area contributed by atoms with E-state index in [0.29, 0.717) is 16.6 Å². The fourth-order valence-corrected chi connectivity index (χ4v) is 5.23. The molecule has 1 aromatic rings. The highest BCUT2D eigenvalue weighted by molar-refractivity contribution is 8.16. The Balaban J connectivity index is 1.95. The van der Waals surface area contributed by atoms with E-state index in [1.165, 1.54) is 23.5 Å². The topological polar surface area (TPSA) is 66.4 Å². The zero-order chi connectivity index (χ0) is 16.9. The summed E-state index contributed by atoms with van der Waals surface area (Å²) in [5, 5.41) is 11.7. The molecule has 1 aromatic carbocycles. The largest absolute Gasteiger partial charge is 0.481 e. The molecule has 1 fully saturated rings. The molecule has 1 aliphatic heterocycles. The standard InChI is InChI=1S/C17H23NO3S2/c1-17(2,9-8-14(19)20)18-15(21)12-4-6-13(7-5-12)16-22-10-3-11-23-16/h4-7,16H,3,8-11H2,1-2H3,(H,18,21)(H,19,20). The van der Waals surface area contributed by atoms with E-state index in [9.17, 15) is 9.59 Å². The van der Waals surface area contributed by atoms with Crippen molar-refractivity contribution in [3.8, 4) is 0 Å². The van der Waals surface area contributed by atoms with E-state index in [2.05, 4.69) is 5.32 Å². The Morgan fingerprint density at radius 2 is 1.83 bits per heavy atom. The SMILES string of the molecule is CC(C)(CCC(=O)O)NC(=O)c1ccc(C2SCCCS2)cc1. The number of nitrogens with one attached hydrogen (secondary N) is 1. The average molecular weight is 354 g/mol. The monoisotopic (exact) mass is 353 g/mol. The number of carbonyl (C=O) groups excluding carboxylic acids is 1. The fourth-order valence-electron chi connectivity index (χ4n) is 2.33. The van der Waals surface area contributed by atoms with E-state index < -0.39 is 11.5 Å². The number of carbonyl (C=O) groups is 2. The molecule has 0 bridgehead atoms. The summed E-state index contributed by atoms with van der Waals surface area (Å²) in [7, 11) is 0. The van der Waals surface area contributed by atoms with Gasteiger partial charge in [-0.1, -0.05) is 12.1 Å². The maximum Gasteiger partial charge on any atom is 0.303 e. The van der Waals surface area contributed by atoms with Crippen molar-refractivity contribution in [2.24, 2.45) is 0 Å². The van der Waals surface area contributed by atoms with Gasteiger partial charge in [0.1, 0.15) is 0 Å². The predicted octanol–water partition coefficient (Wildman–Crippen LogP) is 3.93. The first-order valence-corrected chi connectivity index (χ1v) is 9.85. The lowest BCUT2D eigenvalue weighted by atomic mass is 9.97. The Hall–Kier alpha value is -1.14. The van der Waals surface area contributed by atoms with Crippen molar-refractivity contribution in [3.05, 3.63) is 35.4 Å². The van der Waals surface area contributed by atoms with Crippen molar-refractivity contribution in [2.75, 3.05) is 11.5 Å². The molecule has 1 heterocycles. The van der Waals surface area contributed by atoms with Crippen molar-refractivity contribution in [3.63, 3.8) is 0 Å². The van der Waals surface area contributed by atoms with Crippen LogP contribution >= 0.6 is 23.5 Å². The van der Waals surface area contributed by atoms with Gasteiger partial charge >= 0.3 is 5.97 Å². The predicted molar refractivity (Wildman–Crippen MR) is 97.1 cm³/mol. The molecule has 1 aliphatic rings. The summed E-state index contributed by atoms with van der Waals surface area (Å²) in [4.78, 5) is 23.0. The number of carboxylic acids is 1. The van der Waals surface area contributed by atoms with Gasteiger partial charge in [0.15, 0.2) is 0 Å². The summed E-state index contributed by atoms with van der Waals surface area (Å²) in [5.74, 6) is 1.38. The number of rotatable bonds is 6. The van der Waals surface area contributed by atoms with Gasteiger partial charge in [-0.3, -0.25) is 9.59 Å². The lowest BCUT2D eigenvalue weighted by molar-refractivity contribution is -0.137. The first kappa shape index (κ1) is 18.2. The lowest BCUT2D eigenvalue weighted by Crippen LogP contribution is -2.43. The molecule has 0 spiro atoms. The molecule has 2 rings (SSSR count). The lowest BCUT2D eigenvalue weighted by Gasteiger charge is -2.26. The molecule has 0 saturated carbocycles. The molecule has 6 heteroatoms. The summed E-state index contributed by atoms with van der Waals surface area (Å²) >= 11 is 3.91. The maximum atomic E-state index is 12.3. The van der Waals surface area contributed by atoms with E-state index in [0.717, 1.165) is 0 Å². The Bertz CT molecular complexity index is 551. The quantitative estimate of drug-likeness (QED) is 0.811. The van der Waals surface area contributed by atoms with Crippen molar-refractivity contribution in [1.82, 2.24) is 5.32 Å². The minimum absolute atomic E-state index is 0.0440. The number of benzene rings is 1. The number of amides is 1. The Labute approximate surface area is 145 Å². The van der Waals surface area contributed by atoms with Crippen LogP contribution in [-0.4, -0.2) is 34.0 Å². The Morgan fingerprint density at radius 1 is 1.22 bits per heavy atom. The van der Waals surface area contributed by atoms with Crippen molar-refractivity contribution in [2.45, 2.75) is 43.2 Å². The van der Waals surface area contributed by atoms with Gasteiger partial charge in [-0.15, -0.1) is 23.5 Å². The Kier molecular flexibility index (Phi) is 6.41. The molecule has 1 amide bonds. The third-order valence-electron chi connectivity index (χ3n) is 3.69. The van der Waals surface area contributed by atoms with Gasteiger partial charge in [0.2, 0.25) is 0 Å². The number of hydrogen-bond donors (Lipinski definition) is 2. The number of carboxylic acid groups (broad SMARTS) is 1. The Morgan fingerprint density at radius 3 is 2.39 bits per heavy atom. The first-order valence-electron chi connectivity index (χ1n) is 7.75. The van der Waals surface area contributed by atoms with Crippen LogP contribution in [0.4, 0.5) is 0 Å². The molecule has 126 valence electrons. The van der Waals surface area contributed by atoms with E-state index in [-0.39, 0.29) is 12.3 Å². The summed E-state index contributed by atoms with van der Waals surface area (Å²) in [6, 6.07) is 7.76. The van der Waals surface area contributed by atoms with E-state index >= 15 is 0 Å². The summed E-state index contributed by atoms with van der Waals surface area (Å²) < 4.78 is 0.466. The maximum absolute atomic E-state index is 12.3. The molecule has 23 heavy (non-hydrogen) atoms. The number of aliphatic carboxylic acids is 1. The van der Waals surface area contributed by atoms with Crippen LogP contribution in [0, 0.1) is 0 Å². The van der Waals surface area contributed by atoms with Crippen molar-refractivity contribution >= 4 is 35.4 Å². The second-order valence-corrected chi connectivity index (χ2v) is 9.01. The molecule has 0 unspecified atom stereocenters. The minimum Gasteiger partial charge on any atom is -0.481 e. The van der Waals surface area contributed by atoms with Crippen LogP contribution in [0.25, 0.3) is 0 Å². The van der Waals surface area contributed by atoms with Gasteiger partial charge in [-0.2, -0.15) is 0 Å². The number of thioether (sulfide) groups is 2. The highest BCUT2D eigenvalue weighted by Gasteiger charge is 2.22.